The predicted octanol–water partition coefficient (Wildman–Crippen LogP) is 2.07. The van der Waals surface area contributed by atoms with E-state index >= 15 is 0 Å². The molecular weight excluding hydrogens is 296 g/mol. The molecule has 1 amide bonds. The lowest BCUT2D eigenvalue weighted by Crippen LogP contribution is -2.40. The van der Waals surface area contributed by atoms with Crippen LogP contribution in [0.4, 0.5) is 5.69 Å². The van der Waals surface area contributed by atoms with Crippen LogP contribution in [0.3, 0.4) is 0 Å². The minimum absolute atomic E-state index is 0.0185. The number of halogens is 1. The first kappa shape index (κ1) is 13.5. The van der Waals surface area contributed by atoms with Crippen LogP contribution in [0.25, 0.3) is 0 Å². The van der Waals surface area contributed by atoms with Gasteiger partial charge in [0.1, 0.15) is 0 Å². The van der Waals surface area contributed by atoms with Gasteiger partial charge in [0.05, 0.1) is 24.8 Å². The van der Waals surface area contributed by atoms with Crippen LogP contribution < -0.4 is 10.6 Å². The molecule has 18 heavy (non-hydrogen) atoms. The van der Waals surface area contributed by atoms with Crippen LogP contribution in [0.2, 0.25) is 0 Å². The van der Waals surface area contributed by atoms with Crippen molar-refractivity contribution in [1.82, 2.24) is 5.32 Å². The van der Waals surface area contributed by atoms with E-state index in [-0.39, 0.29) is 12.0 Å². The molecule has 2 rings (SSSR count). The van der Waals surface area contributed by atoms with Gasteiger partial charge >= 0.3 is 0 Å². The third-order valence-corrected chi connectivity index (χ3v) is 3.94. The summed E-state index contributed by atoms with van der Waals surface area (Å²) in [4.78, 5) is 11.9. The molecule has 1 heterocycles. The van der Waals surface area contributed by atoms with E-state index in [1.54, 1.807) is 0 Å². The number of carbonyl (C=O) groups excluding carboxylic acids is 1. The maximum absolute atomic E-state index is 11.9. The molecule has 0 bridgehead atoms. The highest BCUT2D eigenvalue weighted by Gasteiger charge is 2.17. The van der Waals surface area contributed by atoms with E-state index in [0.717, 1.165) is 28.8 Å². The average Bonchev–Trinajstić information content (AvgIpc) is 2.36. The van der Waals surface area contributed by atoms with Gasteiger partial charge in [-0.1, -0.05) is 12.1 Å². The van der Waals surface area contributed by atoms with Crippen LogP contribution in [-0.2, 0) is 9.53 Å². The molecule has 1 aromatic rings. The second-order valence-electron chi connectivity index (χ2n) is 4.39. The molecule has 0 radical (unpaired) electrons. The molecule has 1 aliphatic rings. The zero-order valence-electron chi connectivity index (χ0n) is 10.3. The van der Waals surface area contributed by atoms with Gasteiger partial charge in [0.25, 0.3) is 0 Å². The normalized spacial score (nSPS) is 19.6. The number of hydrogen-bond acceptors (Lipinski definition) is 3. The van der Waals surface area contributed by atoms with E-state index in [2.05, 4.69) is 26.6 Å². The number of morpholine rings is 1. The summed E-state index contributed by atoms with van der Waals surface area (Å²) >= 11 is 3.48. The summed E-state index contributed by atoms with van der Waals surface area (Å²) in [6.45, 7) is 4.27. The van der Waals surface area contributed by atoms with E-state index in [4.69, 9.17) is 4.74 Å². The molecule has 0 saturated carbocycles. The summed E-state index contributed by atoms with van der Waals surface area (Å²) in [7, 11) is 0. The van der Waals surface area contributed by atoms with Crippen molar-refractivity contribution in [3.05, 3.63) is 28.2 Å². The summed E-state index contributed by atoms with van der Waals surface area (Å²) in [5.41, 5.74) is 1.91. The zero-order chi connectivity index (χ0) is 13.0. The molecule has 0 aliphatic carbocycles. The second kappa shape index (κ2) is 6.31. The van der Waals surface area contributed by atoms with Crippen LogP contribution in [0.1, 0.15) is 12.0 Å². The fraction of sp³-hybridized carbons (Fsp3) is 0.462. The van der Waals surface area contributed by atoms with Gasteiger partial charge in [-0.15, -0.1) is 0 Å². The van der Waals surface area contributed by atoms with Crippen molar-refractivity contribution in [2.75, 3.05) is 25.0 Å². The number of aryl methyl sites for hydroxylation is 1. The summed E-state index contributed by atoms with van der Waals surface area (Å²) in [5.74, 6) is -0.0185. The monoisotopic (exact) mass is 312 g/mol. The van der Waals surface area contributed by atoms with E-state index in [1.165, 1.54) is 0 Å². The van der Waals surface area contributed by atoms with Crippen LogP contribution >= 0.6 is 15.9 Å². The SMILES string of the molecule is Cc1cccc(NC(=O)CC2CNCCO2)c1Br. The molecule has 1 unspecified atom stereocenters. The van der Waals surface area contributed by atoms with Gasteiger partial charge in [0.2, 0.25) is 5.91 Å². The maximum Gasteiger partial charge on any atom is 0.227 e. The summed E-state index contributed by atoms with van der Waals surface area (Å²) in [6, 6.07) is 5.80. The minimum Gasteiger partial charge on any atom is -0.375 e. The highest BCUT2D eigenvalue weighted by molar-refractivity contribution is 9.10. The molecule has 4 nitrogen and oxygen atoms in total. The molecular formula is C13H17BrN2O2. The Morgan fingerprint density at radius 1 is 1.61 bits per heavy atom. The third-order valence-electron chi connectivity index (χ3n) is 2.88. The lowest BCUT2D eigenvalue weighted by molar-refractivity contribution is -0.119. The molecule has 5 heteroatoms. The molecule has 1 atom stereocenters. The van der Waals surface area contributed by atoms with Crippen molar-refractivity contribution in [3.8, 4) is 0 Å². The standard InChI is InChI=1S/C13H17BrN2O2/c1-9-3-2-4-11(13(9)14)16-12(17)7-10-8-15-5-6-18-10/h2-4,10,15H,5-8H2,1H3,(H,16,17). The number of nitrogens with one attached hydrogen (secondary N) is 2. The molecule has 0 aromatic heterocycles. The van der Waals surface area contributed by atoms with E-state index in [0.29, 0.717) is 13.0 Å². The average molecular weight is 313 g/mol. The van der Waals surface area contributed by atoms with Gasteiger partial charge < -0.3 is 15.4 Å². The molecule has 2 N–H and O–H groups in total. The Hall–Kier alpha value is -0.910. The topological polar surface area (TPSA) is 50.4 Å². The first-order valence-corrected chi connectivity index (χ1v) is 6.83. The van der Waals surface area contributed by atoms with Crippen LogP contribution in [0.5, 0.6) is 0 Å². The smallest absolute Gasteiger partial charge is 0.227 e. The fourth-order valence-corrected chi connectivity index (χ4v) is 2.27. The van der Waals surface area contributed by atoms with Crippen LogP contribution in [0.15, 0.2) is 22.7 Å². The Morgan fingerprint density at radius 2 is 2.44 bits per heavy atom. The van der Waals surface area contributed by atoms with Crippen LogP contribution in [0, 0.1) is 6.92 Å². The van der Waals surface area contributed by atoms with Gasteiger partial charge in [-0.3, -0.25) is 4.79 Å². The molecule has 98 valence electrons. The molecule has 1 aromatic carbocycles. The molecule has 1 fully saturated rings. The number of rotatable bonds is 3. The Kier molecular flexibility index (Phi) is 4.74. The maximum atomic E-state index is 11.9. The van der Waals surface area contributed by atoms with Crippen molar-refractivity contribution in [2.24, 2.45) is 0 Å². The summed E-state index contributed by atoms with van der Waals surface area (Å²) < 4.78 is 6.44. The lowest BCUT2D eigenvalue weighted by Gasteiger charge is -2.23. The van der Waals surface area contributed by atoms with E-state index in [9.17, 15) is 4.79 Å². The Bertz CT molecular complexity index is 431. The van der Waals surface area contributed by atoms with Gasteiger partial charge in [0.15, 0.2) is 0 Å². The third kappa shape index (κ3) is 3.54. The minimum atomic E-state index is -0.0256. The highest BCUT2D eigenvalue weighted by Crippen LogP contribution is 2.25. The first-order chi connectivity index (χ1) is 8.66. The zero-order valence-corrected chi connectivity index (χ0v) is 11.9. The Labute approximate surface area is 115 Å². The number of hydrogen-bond donors (Lipinski definition) is 2. The van der Waals surface area contributed by atoms with Gasteiger partial charge in [-0.05, 0) is 34.5 Å². The summed E-state index contributed by atoms with van der Waals surface area (Å²) in [6.07, 6.45) is 0.357. The molecule has 1 saturated heterocycles. The quantitative estimate of drug-likeness (QED) is 0.898. The van der Waals surface area contributed by atoms with E-state index < -0.39 is 0 Å². The van der Waals surface area contributed by atoms with Gasteiger partial charge in [-0.2, -0.15) is 0 Å². The van der Waals surface area contributed by atoms with Crippen molar-refractivity contribution in [3.63, 3.8) is 0 Å². The molecule has 1 aliphatic heterocycles. The largest absolute Gasteiger partial charge is 0.375 e. The summed E-state index contributed by atoms with van der Waals surface area (Å²) in [5, 5.41) is 6.12. The van der Waals surface area contributed by atoms with Crippen molar-refractivity contribution >= 4 is 27.5 Å². The first-order valence-electron chi connectivity index (χ1n) is 6.04. The Morgan fingerprint density at radius 3 is 3.17 bits per heavy atom. The fourth-order valence-electron chi connectivity index (χ4n) is 1.90. The lowest BCUT2D eigenvalue weighted by atomic mass is 10.2. The van der Waals surface area contributed by atoms with Crippen molar-refractivity contribution in [2.45, 2.75) is 19.4 Å². The highest BCUT2D eigenvalue weighted by atomic mass is 79.9. The van der Waals surface area contributed by atoms with Crippen molar-refractivity contribution < 1.29 is 9.53 Å². The predicted molar refractivity (Wildman–Crippen MR) is 74.7 cm³/mol. The van der Waals surface area contributed by atoms with Gasteiger partial charge in [-0.25, -0.2) is 0 Å². The van der Waals surface area contributed by atoms with Crippen molar-refractivity contribution in [1.29, 1.82) is 0 Å². The van der Waals surface area contributed by atoms with Crippen LogP contribution in [-0.4, -0.2) is 31.7 Å². The Balaban J connectivity index is 1.92. The number of benzene rings is 1. The molecule has 0 spiro atoms. The second-order valence-corrected chi connectivity index (χ2v) is 5.18. The number of carbonyl (C=O) groups is 1. The number of anilines is 1. The number of ether oxygens (including phenoxy) is 1. The van der Waals surface area contributed by atoms with E-state index in [1.807, 2.05) is 25.1 Å². The number of amides is 1. The van der Waals surface area contributed by atoms with Gasteiger partial charge in [0, 0.05) is 17.6 Å².